The van der Waals surface area contributed by atoms with Gasteiger partial charge in [0.25, 0.3) is 0 Å². The molecule has 1 fully saturated rings. The third kappa shape index (κ3) is 6.86. The van der Waals surface area contributed by atoms with Crippen LogP contribution in [0.3, 0.4) is 0 Å². The van der Waals surface area contributed by atoms with Crippen molar-refractivity contribution in [2.24, 2.45) is 5.73 Å². The van der Waals surface area contributed by atoms with Gasteiger partial charge in [0.15, 0.2) is 0 Å². The Kier molecular flexibility index (Phi) is 10.1. The van der Waals surface area contributed by atoms with Crippen molar-refractivity contribution in [2.45, 2.75) is 12.1 Å². The molecule has 1 aliphatic heterocycles. The maximum absolute atomic E-state index is 12.5. The Morgan fingerprint density at radius 1 is 1.32 bits per heavy atom. The summed E-state index contributed by atoms with van der Waals surface area (Å²) in [6.07, 6.45) is -1.37. The highest BCUT2D eigenvalue weighted by atomic mass is 35.5. The first-order valence-corrected chi connectivity index (χ1v) is 9.71. The molecule has 1 aromatic carbocycles. The minimum Gasteiger partial charge on any atom is -0.394 e. The predicted octanol–water partition coefficient (Wildman–Crippen LogP) is -0.782. The second-order valence-corrected chi connectivity index (χ2v) is 7.30. The van der Waals surface area contributed by atoms with Gasteiger partial charge in [-0.15, -0.1) is 12.4 Å². The summed E-state index contributed by atoms with van der Waals surface area (Å²) in [5, 5.41) is 32.1. The molecule has 11 heteroatoms. The average molecular weight is 432 g/mol. The van der Waals surface area contributed by atoms with E-state index in [1.165, 1.54) is 0 Å². The molecular formula is C17H26ClN5O4S. The number of rotatable bonds is 8. The number of amidine groups is 1. The van der Waals surface area contributed by atoms with Crippen molar-refractivity contribution in [2.75, 3.05) is 43.1 Å². The fourth-order valence-corrected chi connectivity index (χ4v) is 3.50. The molecule has 2 atom stereocenters. The van der Waals surface area contributed by atoms with Gasteiger partial charge in [-0.05, 0) is 12.1 Å². The number of nitrogen functional groups attached to an aromatic ring is 1. The molecule has 0 radical (unpaired) electrons. The van der Waals surface area contributed by atoms with E-state index in [4.69, 9.17) is 11.1 Å². The Balaban J connectivity index is 0.00000392. The van der Waals surface area contributed by atoms with Crippen molar-refractivity contribution in [3.63, 3.8) is 0 Å². The molecule has 7 N–H and O–H groups in total. The number of nitrogens with zero attached hydrogens (tertiary/aromatic N) is 1. The van der Waals surface area contributed by atoms with Gasteiger partial charge in [-0.25, -0.2) is 0 Å². The van der Waals surface area contributed by atoms with Crippen LogP contribution in [0.5, 0.6) is 0 Å². The number of aliphatic hydroxyl groups excluding tert-OH is 2. The summed E-state index contributed by atoms with van der Waals surface area (Å²) in [6.45, 7) is 0.498. The van der Waals surface area contributed by atoms with Crippen molar-refractivity contribution in [1.29, 1.82) is 5.41 Å². The number of carbonyl (C=O) groups excluding carboxylic acids is 2. The first kappa shape index (κ1) is 24.0. The molecule has 1 saturated heterocycles. The zero-order chi connectivity index (χ0) is 19.8. The van der Waals surface area contributed by atoms with E-state index in [2.05, 4.69) is 10.6 Å². The van der Waals surface area contributed by atoms with Crippen molar-refractivity contribution in [3.8, 4) is 0 Å². The molecule has 2 unspecified atom stereocenters. The standard InChI is InChI=1S/C17H25N5O4S.ClH/c18-16(19)11-2-1-3-12(8-11)21-15(13(24)10-23)17(26)20-9-14(25)22-4-6-27-7-5-22;/h1-3,8,13,15,21,23-24H,4-7,9-10H2,(H3,18,19)(H,20,26);1H. The van der Waals surface area contributed by atoms with E-state index in [-0.39, 0.29) is 30.7 Å². The Morgan fingerprint density at radius 3 is 2.61 bits per heavy atom. The number of benzene rings is 1. The van der Waals surface area contributed by atoms with Crippen molar-refractivity contribution >= 4 is 47.5 Å². The smallest absolute Gasteiger partial charge is 0.245 e. The highest BCUT2D eigenvalue weighted by Gasteiger charge is 2.27. The van der Waals surface area contributed by atoms with Crippen LogP contribution < -0.4 is 16.4 Å². The van der Waals surface area contributed by atoms with E-state index in [1.54, 1.807) is 40.9 Å². The summed E-state index contributed by atoms with van der Waals surface area (Å²) in [5.74, 6) is 0.829. The lowest BCUT2D eigenvalue weighted by Crippen LogP contribution is -2.51. The van der Waals surface area contributed by atoms with E-state index in [9.17, 15) is 19.8 Å². The first-order valence-electron chi connectivity index (χ1n) is 8.55. The van der Waals surface area contributed by atoms with E-state index in [0.717, 1.165) is 11.5 Å². The zero-order valence-corrected chi connectivity index (χ0v) is 16.9. The van der Waals surface area contributed by atoms with Crippen LogP contribution in [0, 0.1) is 5.41 Å². The van der Waals surface area contributed by atoms with E-state index >= 15 is 0 Å². The molecule has 0 aliphatic carbocycles. The Labute approximate surface area is 174 Å². The minimum atomic E-state index is -1.37. The van der Waals surface area contributed by atoms with Gasteiger partial charge in [0, 0.05) is 35.8 Å². The fraction of sp³-hybridized carbons (Fsp3) is 0.471. The minimum absolute atomic E-state index is 0. The zero-order valence-electron chi connectivity index (χ0n) is 15.3. The largest absolute Gasteiger partial charge is 0.394 e. The summed E-state index contributed by atoms with van der Waals surface area (Å²) >= 11 is 1.78. The third-order valence-corrected chi connectivity index (χ3v) is 5.07. The summed E-state index contributed by atoms with van der Waals surface area (Å²) < 4.78 is 0. The van der Waals surface area contributed by atoms with Gasteiger partial charge in [-0.2, -0.15) is 11.8 Å². The monoisotopic (exact) mass is 431 g/mol. The fourth-order valence-electron chi connectivity index (χ4n) is 2.60. The molecule has 156 valence electrons. The number of anilines is 1. The molecule has 2 rings (SSSR count). The molecule has 0 aromatic heterocycles. The van der Waals surface area contributed by atoms with Gasteiger partial charge in [-0.1, -0.05) is 12.1 Å². The van der Waals surface area contributed by atoms with Crippen LogP contribution in [0.1, 0.15) is 5.56 Å². The Bertz CT molecular complexity index is 687. The molecule has 1 aromatic rings. The number of hydrogen-bond acceptors (Lipinski definition) is 7. The van der Waals surface area contributed by atoms with Crippen molar-refractivity contribution in [3.05, 3.63) is 29.8 Å². The first-order chi connectivity index (χ1) is 12.9. The van der Waals surface area contributed by atoms with Crippen LogP contribution in [0.25, 0.3) is 0 Å². The highest BCUT2D eigenvalue weighted by molar-refractivity contribution is 7.99. The van der Waals surface area contributed by atoms with Crippen LogP contribution in [0.2, 0.25) is 0 Å². The molecule has 2 amide bonds. The lowest BCUT2D eigenvalue weighted by Gasteiger charge is -2.27. The van der Waals surface area contributed by atoms with Crippen LogP contribution in [0.15, 0.2) is 24.3 Å². The number of carbonyl (C=O) groups is 2. The topological polar surface area (TPSA) is 152 Å². The summed E-state index contributed by atoms with van der Waals surface area (Å²) in [6, 6.07) is 5.33. The summed E-state index contributed by atoms with van der Waals surface area (Å²) in [4.78, 5) is 26.3. The molecule has 28 heavy (non-hydrogen) atoms. The van der Waals surface area contributed by atoms with Crippen LogP contribution in [-0.4, -0.2) is 82.7 Å². The number of nitrogens with two attached hydrogens (primary N) is 1. The van der Waals surface area contributed by atoms with Crippen LogP contribution in [0.4, 0.5) is 5.69 Å². The number of aliphatic hydroxyl groups is 2. The third-order valence-electron chi connectivity index (χ3n) is 4.13. The van der Waals surface area contributed by atoms with Gasteiger partial charge < -0.3 is 31.5 Å². The van der Waals surface area contributed by atoms with E-state index in [1.807, 2.05) is 0 Å². The van der Waals surface area contributed by atoms with Crippen LogP contribution >= 0.6 is 24.2 Å². The SMILES string of the molecule is Cl.N=C(N)c1cccc(NC(C(=O)NCC(=O)N2CCSCC2)C(O)CO)c1. The van der Waals surface area contributed by atoms with E-state index in [0.29, 0.717) is 24.3 Å². The maximum Gasteiger partial charge on any atom is 0.245 e. The van der Waals surface area contributed by atoms with Crippen molar-refractivity contribution < 1.29 is 19.8 Å². The second-order valence-electron chi connectivity index (χ2n) is 6.08. The normalized spacial score (nSPS) is 15.7. The van der Waals surface area contributed by atoms with Gasteiger partial charge >= 0.3 is 0 Å². The number of halogens is 1. The quantitative estimate of drug-likeness (QED) is 0.233. The molecule has 0 spiro atoms. The number of nitrogens with one attached hydrogen (secondary N) is 3. The van der Waals surface area contributed by atoms with Crippen LogP contribution in [-0.2, 0) is 9.59 Å². The number of amides is 2. The molecule has 0 saturated carbocycles. The lowest BCUT2D eigenvalue weighted by atomic mass is 10.1. The van der Waals surface area contributed by atoms with Gasteiger partial charge in [0.1, 0.15) is 18.0 Å². The molecule has 0 bridgehead atoms. The van der Waals surface area contributed by atoms with Gasteiger partial charge in [0.05, 0.1) is 13.2 Å². The molecule has 1 aliphatic rings. The van der Waals surface area contributed by atoms with Gasteiger partial charge in [0.2, 0.25) is 11.8 Å². The Hall–Kier alpha value is -2.01. The number of hydrogen-bond donors (Lipinski definition) is 6. The highest BCUT2D eigenvalue weighted by Crippen LogP contribution is 2.13. The summed E-state index contributed by atoms with van der Waals surface area (Å²) in [5.41, 5.74) is 6.36. The predicted molar refractivity (Wildman–Crippen MR) is 112 cm³/mol. The molecular weight excluding hydrogens is 406 g/mol. The molecule has 9 nitrogen and oxygen atoms in total. The Morgan fingerprint density at radius 2 is 2.00 bits per heavy atom. The molecule has 1 heterocycles. The van der Waals surface area contributed by atoms with E-state index < -0.39 is 24.7 Å². The second kappa shape index (κ2) is 11.7. The van der Waals surface area contributed by atoms with Gasteiger partial charge in [-0.3, -0.25) is 15.0 Å². The maximum atomic E-state index is 12.5. The lowest BCUT2D eigenvalue weighted by molar-refractivity contribution is -0.133. The van der Waals surface area contributed by atoms with Crippen molar-refractivity contribution in [1.82, 2.24) is 10.2 Å². The summed E-state index contributed by atoms with van der Waals surface area (Å²) in [7, 11) is 0. The average Bonchev–Trinajstić information content (AvgIpc) is 2.70. The number of thioether (sulfide) groups is 1.